The number of carbonyl (C=O) groups is 1. The highest BCUT2D eigenvalue weighted by Gasteiger charge is 2.11. The zero-order valence-electron chi connectivity index (χ0n) is 13.5. The molecule has 3 rings (SSSR count). The number of hydrogen-bond donors (Lipinski definition) is 0. The summed E-state index contributed by atoms with van der Waals surface area (Å²) in [5.41, 5.74) is 0.855. The molecule has 0 aliphatic rings. The van der Waals surface area contributed by atoms with Crippen molar-refractivity contribution in [1.29, 1.82) is 0 Å². The molecule has 0 fully saturated rings. The van der Waals surface area contributed by atoms with Crippen molar-refractivity contribution in [3.8, 4) is 5.75 Å². The van der Waals surface area contributed by atoms with Crippen molar-refractivity contribution in [2.24, 2.45) is 0 Å². The molecule has 0 bridgehead atoms. The Labute approximate surface area is 142 Å². The van der Waals surface area contributed by atoms with Crippen LogP contribution < -0.4 is 10.4 Å². The van der Waals surface area contributed by atoms with Crippen LogP contribution in [0.1, 0.15) is 11.1 Å². The van der Waals surface area contributed by atoms with Crippen LogP contribution in [0.25, 0.3) is 11.0 Å². The minimum Gasteiger partial charge on any atom is -0.497 e. The van der Waals surface area contributed by atoms with Crippen LogP contribution in [-0.4, -0.2) is 13.1 Å². The van der Waals surface area contributed by atoms with Crippen LogP contribution in [0, 0.1) is 5.82 Å². The molecule has 0 unspecified atom stereocenters. The van der Waals surface area contributed by atoms with Gasteiger partial charge in [0.1, 0.15) is 23.8 Å². The fourth-order valence-electron chi connectivity index (χ4n) is 2.48. The number of esters is 1. The molecule has 0 spiro atoms. The average Bonchev–Trinajstić information content (AvgIpc) is 2.59. The predicted molar refractivity (Wildman–Crippen MR) is 88.9 cm³/mol. The highest BCUT2D eigenvalue weighted by Crippen LogP contribution is 2.23. The van der Waals surface area contributed by atoms with Crippen LogP contribution in [-0.2, 0) is 22.6 Å². The van der Waals surface area contributed by atoms with Gasteiger partial charge in [-0.25, -0.2) is 9.18 Å². The molecule has 0 aliphatic heterocycles. The Balaban J connectivity index is 1.76. The normalized spacial score (nSPS) is 10.6. The van der Waals surface area contributed by atoms with E-state index in [2.05, 4.69) is 0 Å². The van der Waals surface area contributed by atoms with Crippen LogP contribution in [0.15, 0.2) is 57.7 Å². The zero-order valence-corrected chi connectivity index (χ0v) is 13.5. The summed E-state index contributed by atoms with van der Waals surface area (Å²) in [6.45, 7) is -0.0808. The summed E-state index contributed by atoms with van der Waals surface area (Å²) < 4.78 is 28.6. The van der Waals surface area contributed by atoms with Crippen molar-refractivity contribution in [2.45, 2.75) is 13.0 Å². The lowest BCUT2D eigenvalue weighted by molar-refractivity contribution is -0.144. The molecule has 1 aromatic heterocycles. The molecule has 25 heavy (non-hydrogen) atoms. The highest BCUT2D eigenvalue weighted by molar-refractivity contribution is 5.82. The van der Waals surface area contributed by atoms with E-state index in [0.29, 0.717) is 27.8 Å². The number of ether oxygens (including phenoxy) is 2. The average molecular weight is 342 g/mol. The second kappa shape index (κ2) is 7.17. The lowest BCUT2D eigenvalue weighted by Gasteiger charge is -2.08. The van der Waals surface area contributed by atoms with E-state index in [1.54, 1.807) is 24.3 Å². The van der Waals surface area contributed by atoms with Gasteiger partial charge in [0.15, 0.2) is 0 Å². The van der Waals surface area contributed by atoms with Crippen molar-refractivity contribution in [3.05, 3.63) is 75.9 Å². The third kappa shape index (κ3) is 4.03. The zero-order chi connectivity index (χ0) is 17.8. The quantitative estimate of drug-likeness (QED) is 0.526. The second-order valence-corrected chi connectivity index (χ2v) is 5.42. The summed E-state index contributed by atoms with van der Waals surface area (Å²) in [4.78, 5) is 23.6. The third-order valence-corrected chi connectivity index (χ3v) is 3.66. The second-order valence-electron chi connectivity index (χ2n) is 5.42. The molecule has 0 radical (unpaired) electrons. The molecule has 5 nitrogen and oxygen atoms in total. The Morgan fingerprint density at radius 2 is 2.00 bits per heavy atom. The number of carbonyl (C=O) groups excluding carboxylic acids is 1. The molecule has 0 saturated carbocycles. The smallest absolute Gasteiger partial charge is 0.336 e. The molecule has 0 saturated heterocycles. The van der Waals surface area contributed by atoms with E-state index in [1.807, 2.05) is 0 Å². The summed E-state index contributed by atoms with van der Waals surface area (Å²) >= 11 is 0. The van der Waals surface area contributed by atoms with E-state index in [9.17, 15) is 14.0 Å². The van der Waals surface area contributed by atoms with Gasteiger partial charge in [-0.1, -0.05) is 12.1 Å². The van der Waals surface area contributed by atoms with Crippen molar-refractivity contribution in [3.63, 3.8) is 0 Å². The largest absolute Gasteiger partial charge is 0.497 e. The first kappa shape index (κ1) is 16.7. The summed E-state index contributed by atoms with van der Waals surface area (Å²) in [6, 6.07) is 12.1. The summed E-state index contributed by atoms with van der Waals surface area (Å²) in [5.74, 6) is -0.373. The Bertz CT molecular complexity index is 977. The number of hydrogen-bond acceptors (Lipinski definition) is 5. The summed E-state index contributed by atoms with van der Waals surface area (Å²) in [5, 5.41) is 0.652. The van der Waals surface area contributed by atoms with Gasteiger partial charge in [-0.15, -0.1) is 0 Å². The van der Waals surface area contributed by atoms with Gasteiger partial charge in [0.2, 0.25) is 0 Å². The molecular formula is C19H15FO5. The maximum absolute atomic E-state index is 13.1. The molecule has 1 heterocycles. The monoisotopic (exact) mass is 342 g/mol. The number of methoxy groups -OCH3 is 1. The van der Waals surface area contributed by atoms with E-state index in [4.69, 9.17) is 13.9 Å². The molecule has 0 amide bonds. The lowest BCUT2D eigenvalue weighted by Crippen LogP contribution is -2.10. The fraction of sp³-hybridized carbons (Fsp3) is 0.158. The maximum atomic E-state index is 13.1. The molecular weight excluding hydrogens is 327 g/mol. The number of rotatable bonds is 5. The van der Waals surface area contributed by atoms with Gasteiger partial charge >= 0.3 is 11.6 Å². The number of halogens is 1. The van der Waals surface area contributed by atoms with Crippen LogP contribution in [0.2, 0.25) is 0 Å². The third-order valence-electron chi connectivity index (χ3n) is 3.66. The van der Waals surface area contributed by atoms with Gasteiger partial charge in [-0.3, -0.25) is 4.79 Å². The van der Waals surface area contributed by atoms with Gasteiger partial charge < -0.3 is 13.9 Å². The Morgan fingerprint density at radius 3 is 2.76 bits per heavy atom. The van der Waals surface area contributed by atoms with Gasteiger partial charge in [0.05, 0.1) is 13.5 Å². The first-order chi connectivity index (χ1) is 12.0. The minimum absolute atomic E-state index is 0.0506. The molecule has 2 aromatic carbocycles. The molecule has 0 aliphatic carbocycles. The standard InChI is InChI=1S/C19H15FO5/c1-23-15-5-6-16-13(9-19(22)25-17(16)10-15)11-24-18(21)8-12-3-2-4-14(20)7-12/h2-7,9-10H,8,11H2,1H3. The lowest BCUT2D eigenvalue weighted by atomic mass is 10.1. The SMILES string of the molecule is COc1ccc2c(COC(=O)Cc3cccc(F)c3)cc(=O)oc2c1. The van der Waals surface area contributed by atoms with E-state index in [-0.39, 0.29) is 13.0 Å². The van der Waals surface area contributed by atoms with Crippen LogP contribution in [0.5, 0.6) is 5.75 Å². The number of fused-ring (bicyclic) bond motifs is 1. The van der Waals surface area contributed by atoms with E-state index >= 15 is 0 Å². The fourth-order valence-corrected chi connectivity index (χ4v) is 2.48. The molecule has 0 N–H and O–H groups in total. The summed E-state index contributed by atoms with van der Waals surface area (Å²) in [6.07, 6.45) is -0.0506. The van der Waals surface area contributed by atoms with Crippen LogP contribution in [0.3, 0.4) is 0 Å². The molecule has 128 valence electrons. The van der Waals surface area contributed by atoms with Gasteiger partial charge in [0.25, 0.3) is 0 Å². The van der Waals surface area contributed by atoms with Crippen molar-refractivity contribution in [2.75, 3.05) is 7.11 Å². The maximum Gasteiger partial charge on any atom is 0.336 e. The van der Waals surface area contributed by atoms with Crippen molar-refractivity contribution in [1.82, 2.24) is 0 Å². The molecule has 0 atom stereocenters. The van der Waals surface area contributed by atoms with E-state index in [1.165, 1.54) is 31.4 Å². The van der Waals surface area contributed by atoms with Gasteiger partial charge in [0, 0.05) is 23.1 Å². The van der Waals surface area contributed by atoms with E-state index < -0.39 is 17.4 Å². The Kier molecular flexibility index (Phi) is 4.79. The van der Waals surface area contributed by atoms with Gasteiger partial charge in [-0.2, -0.15) is 0 Å². The number of benzene rings is 2. The van der Waals surface area contributed by atoms with Crippen LogP contribution >= 0.6 is 0 Å². The Morgan fingerprint density at radius 1 is 1.16 bits per heavy atom. The van der Waals surface area contributed by atoms with Crippen molar-refractivity contribution >= 4 is 16.9 Å². The van der Waals surface area contributed by atoms with Gasteiger partial charge in [-0.05, 0) is 29.8 Å². The van der Waals surface area contributed by atoms with E-state index in [0.717, 1.165) is 0 Å². The predicted octanol–water partition coefficient (Wildman–Crippen LogP) is 3.23. The van der Waals surface area contributed by atoms with Crippen molar-refractivity contribution < 1.29 is 23.1 Å². The highest BCUT2D eigenvalue weighted by atomic mass is 19.1. The first-order valence-corrected chi connectivity index (χ1v) is 7.56. The topological polar surface area (TPSA) is 65.7 Å². The Hall–Kier alpha value is -3.15. The minimum atomic E-state index is -0.545. The van der Waals surface area contributed by atoms with Crippen LogP contribution in [0.4, 0.5) is 4.39 Å². The summed E-state index contributed by atoms with van der Waals surface area (Å²) in [7, 11) is 1.51. The molecule has 3 aromatic rings. The molecule has 6 heteroatoms. The first-order valence-electron chi connectivity index (χ1n) is 7.56.